The number of hydrogen-bond acceptors (Lipinski definition) is 5. The van der Waals surface area contributed by atoms with Gasteiger partial charge in [-0.15, -0.1) is 0 Å². The van der Waals surface area contributed by atoms with E-state index in [2.05, 4.69) is 0 Å². The molecule has 3 rings (SSSR count). The van der Waals surface area contributed by atoms with Crippen LogP contribution in [0.5, 0.6) is 11.5 Å². The zero-order valence-electron chi connectivity index (χ0n) is 17.0. The van der Waals surface area contributed by atoms with Gasteiger partial charge in [0.15, 0.2) is 5.78 Å². The van der Waals surface area contributed by atoms with Gasteiger partial charge in [0, 0.05) is 37.2 Å². The van der Waals surface area contributed by atoms with Gasteiger partial charge in [-0.25, -0.2) is 12.7 Å². The second-order valence-electron chi connectivity index (χ2n) is 7.07. The van der Waals surface area contributed by atoms with E-state index in [4.69, 9.17) is 9.47 Å². The standard InChI is InChI=1S/C22H25NO5S/c1-5-27-21-14-18-12-15(2)28-22(18)13-17(21)8-11-20(24)16-6-9-19(10-7-16)29(25,26)23(3)4/h6-11,13-15H,5,12H2,1-4H3/b11-8+/t15-/m1/s1. The normalized spacial score (nSPS) is 16.1. The zero-order valence-corrected chi connectivity index (χ0v) is 17.8. The topological polar surface area (TPSA) is 72.9 Å². The monoisotopic (exact) mass is 415 g/mol. The molecule has 2 aromatic rings. The van der Waals surface area contributed by atoms with Gasteiger partial charge in [0.1, 0.15) is 17.6 Å². The van der Waals surface area contributed by atoms with Crippen molar-refractivity contribution in [1.82, 2.24) is 4.31 Å². The maximum atomic E-state index is 12.5. The van der Waals surface area contributed by atoms with Gasteiger partial charge in [-0.05, 0) is 62.4 Å². The molecule has 0 amide bonds. The highest BCUT2D eigenvalue weighted by Gasteiger charge is 2.21. The van der Waals surface area contributed by atoms with Gasteiger partial charge in [-0.3, -0.25) is 4.79 Å². The summed E-state index contributed by atoms with van der Waals surface area (Å²) in [5, 5.41) is 0. The minimum atomic E-state index is -3.52. The number of nitrogens with zero attached hydrogens (tertiary/aromatic N) is 1. The lowest BCUT2D eigenvalue weighted by atomic mass is 10.0. The van der Waals surface area contributed by atoms with E-state index >= 15 is 0 Å². The van der Waals surface area contributed by atoms with Gasteiger partial charge in [-0.2, -0.15) is 0 Å². The van der Waals surface area contributed by atoms with Crippen molar-refractivity contribution in [2.45, 2.75) is 31.3 Å². The Balaban J connectivity index is 1.83. The summed E-state index contributed by atoms with van der Waals surface area (Å²) in [6, 6.07) is 9.76. The van der Waals surface area contributed by atoms with Gasteiger partial charge < -0.3 is 9.47 Å². The second-order valence-corrected chi connectivity index (χ2v) is 9.22. The molecule has 2 aromatic carbocycles. The maximum absolute atomic E-state index is 12.5. The molecule has 0 saturated heterocycles. The fourth-order valence-corrected chi connectivity index (χ4v) is 4.03. The van der Waals surface area contributed by atoms with Crippen molar-refractivity contribution in [3.63, 3.8) is 0 Å². The number of ether oxygens (including phenoxy) is 2. The Hall–Kier alpha value is -2.64. The zero-order chi connectivity index (χ0) is 21.2. The minimum absolute atomic E-state index is 0.122. The van der Waals surface area contributed by atoms with Gasteiger partial charge >= 0.3 is 0 Å². The molecule has 1 aliphatic rings. The lowest BCUT2D eigenvalue weighted by molar-refractivity contribution is 0.104. The van der Waals surface area contributed by atoms with E-state index < -0.39 is 10.0 Å². The average Bonchev–Trinajstić information content (AvgIpc) is 3.05. The first kappa shape index (κ1) is 21.1. The van der Waals surface area contributed by atoms with Crippen LogP contribution >= 0.6 is 0 Å². The van der Waals surface area contributed by atoms with Crippen LogP contribution in [0.2, 0.25) is 0 Å². The summed E-state index contributed by atoms with van der Waals surface area (Å²) in [7, 11) is -0.591. The highest BCUT2D eigenvalue weighted by Crippen LogP contribution is 2.35. The lowest BCUT2D eigenvalue weighted by Gasteiger charge is -2.11. The number of ketones is 1. The molecule has 1 aliphatic heterocycles. The maximum Gasteiger partial charge on any atom is 0.242 e. The third-order valence-electron chi connectivity index (χ3n) is 4.66. The van der Waals surface area contributed by atoms with E-state index in [0.717, 1.165) is 27.6 Å². The van der Waals surface area contributed by atoms with Crippen LogP contribution in [-0.4, -0.2) is 45.3 Å². The smallest absolute Gasteiger partial charge is 0.242 e. The Morgan fingerprint density at radius 1 is 1.24 bits per heavy atom. The van der Waals surface area contributed by atoms with Crippen LogP contribution in [0, 0.1) is 0 Å². The highest BCUT2D eigenvalue weighted by molar-refractivity contribution is 7.89. The summed E-state index contributed by atoms with van der Waals surface area (Å²) in [5.74, 6) is 1.29. The molecule has 6 nitrogen and oxygen atoms in total. The summed E-state index contributed by atoms with van der Waals surface area (Å²) < 4.78 is 36.9. The first-order valence-corrected chi connectivity index (χ1v) is 10.9. The molecular weight excluding hydrogens is 390 g/mol. The van der Waals surface area contributed by atoms with E-state index in [1.807, 2.05) is 26.0 Å². The molecular formula is C22H25NO5S. The minimum Gasteiger partial charge on any atom is -0.493 e. The van der Waals surface area contributed by atoms with E-state index in [1.165, 1.54) is 44.4 Å². The lowest BCUT2D eigenvalue weighted by Crippen LogP contribution is -2.22. The molecule has 0 unspecified atom stereocenters. The quantitative estimate of drug-likeness (QED) is 0.511. The Labute approximate surface area is 171 Å². The molecule has 0 bridgehead atoms. The molecule has 154 valence electrons. The molecule has 1 heterocycles. The number of carbonyl (C=O) groups excluding carboxylic acids is 1. The Kier molecular flexibility index (Phi) is 6.10. The summed E-state index contributed by atoms with van der Waals surface area (Å²) in [5.41, 5.74) is 2.27. The number of fused-ring (bicyclic) bond motifs is 1. The predicted octanol–water partition coefficient (Wildman–Crippen LogP) is 3.56. The third kappa shape index (κ3) is 4.52. The van der Waals surface area contributed by atoms with Crippen LogP contribution in [-0.2, 0) is 16.4 Å². The summed E-state index contributed by atoms with van der Waals surface area (Å²) >= 11 is 0. The van der Waals surface area contributed by atoms with Crippen molar-refractivity contribution >= 4 is 21.9 Å². The predicted molar refractivity (Wildman–Crippen MR) is 112 cm³/mol. The van der Waals surface area contributed by atoms with Crippen molar-refractivity contribution in [2.24, 2.45) is 0 Å². The van der Waals surface area contributed by atoms with Crippen LogP contribution in [0.1, 0.15) is 35.3 Å². The number of allylic oxidation sites excluding steroid dienone is 1. The van der Waals surface area contributed by atoms with E-state index in [9.17, 15) is 13.2 Å². The van der Waals surface area contributed by atoms with E-state index in [0.29, 0.717) is 17.9 Å². The molecule has 0 aromatic heterocycles. The van der Waals surface area contributed by atoms with Crippen molar-refractivity contribution in [1.29, 1.82) is 0 Å². The summed E-state index contributed by atoms with van der Waals surface area (Å²) in [6.07, 6.45) is 4.11. The van der Waals surface area contributed by atoms with Crippen molar-refractivity contribution in [2.75, 3.05) is 20.7 Å². The van der Waals surface area contributed by atoms with Gasteiger partial charge in [-0.1, -0.05) is 0 Å². The average molecular weight is 416 g/mol. The molecule has 0 N–H and O–H groups in total. The molecule has 0 aliphatic carbocycles. The van der Waals surface area contributed by atoms with Crippen LogP contribution in [0.3, 0.4) is 0 Å². The molecule has 0 spiro atoms. The van der Waals surface area contributed by atoms with Crippen molar-refractivity contribution in [3.05, 3.63) is 59.2 Å². The van der Waals surface area contributed by atoms with Crippen LogP contribution in [0.15, 0.2) is 47.4 Å². The Morgan fingerprint density at radius 2 is 1.93 bits per heavy atom. The first-order chi connectivity index (χ1) is 13.7. The van der Waals surface area contributed by atoms with Gasteiger partial charge in [0.05, 0.1) is 11.5 Å². The second kappa shape index (κ2) is 8.39. The molecule has 29 heavy (non-hydrogen) atoms. The fourth-order valence-electron chi connectivity index (χ4n) is 3.13. The van der Waals surface area contributed by atoms with E-state index in [1.54, 1.807) is 6.08 Å². The van der Waals surface area contributed by atoms with Gasteiger partial charge in [0.25, 0.3) is 0 Å². The fraction of sp³-hybridized carbons (Fsp3) is 0.318. The number of carbonyl (C=O) groups is 1. The Morgan fingerprint density at radius 3 is 2.55 bits per heavy atom. The SMILES string of the molecule is CCOc1cc2c(cc1/C=C/C(=O)c1ccc(S(=O)(=O)N(C)C)cc1)O[C@H](C)C2. The van der Waals surface area contributed by atoms with Crippen LogP contribution < -0.4 is 9.47 Å². The molecule has 0 saturated carbocycles. The van der Waals surface area contributed by atoms with Crippen molar-refractivity contribution in [3.8, 4) is 11.5 Å². The third-order valence-corrected chi connectivity index (χ3v) is 6.49. The van der Waals surface area contributed by atoms with Crippen molar-refractivity contribution < 1.29 is 22.7 Å². The van der Waals surface area contributed by atoms with E-state index in [-0.39, 0.29) is 16.8 Å². The number of benzene rings is 2. The summed E-state index contributed by atoms with van der Waals surface area (Å²) in [6.45, 7) is 4.44. The Bertz CT molecular complexity index is 1040. The number of hydrogen-bond donors (Lipinski definition) is 0. The van der Waals surface area contributed by atoms with Crippen LogP contribution in [0.25, 0.3) is 6.08 Å². The first-order valence-electron chi connectivity index (χ1n) is 9.43. The highest BCUT2D eigenvalue weighted by atomic mass is 32.2. The number of sulfonamides is 1. The molecule has 7 heteroatoms. The molecule has 0 fully saturated rings. The molecule has 0 radical (unpaired) electrons. The largest absolute Gasteiger partial charge is 0.493 e. The van der Waals surface area contributed by atoms with Gasteiger partial charge in [0.2, 0.25) is 10.0 Å². The van der Waals surface area contributed by atoms with Crippen LogP contribution in [0.4, 0.5) is 0 Å². The summed E-state index contributed by atoms with van der Waals surface area (Å²) in [4.78, 5) is 12.7. The number of rotatable bonds is 7. The molecule has 1 atom stereocenters.